The number of aryl methyl sites for hydroxylation is 1. The van der Waals surface area contributed by atoms with Crippen LogP contribution in [0.1, 0.15) is 5.56 Å². The maximum atomic E-state index is 12.1. The number of nitrogens with one attached hydrogen (secondary N) is 1. The second-order valence-corrected chi connectivity index (χ2v) is 7.49. The molecule has 0 saturated carbocycles. The van der Waals surface area contributed by atoms with Crippen LogP contribution >= 0.6 is 27.3 Å². The molecule has 2 aromatic heterocycles. The summed E-state index contributed by atoms with van der Waals surface area (Å²) in [6.45, 7) is 0. The van der Waals surface area contributed by atoms with Gasteiger partial charge >= 0.3 is 5.69 Å². The number of hydrogen-bond donors (Lipinski definition) is 1. The quantitative estimate of drug-likeness (QED) is 0.624. The summed E-state index contributed by atoms with van der Waals surface area (Å²) >= 11 is 4.72. The van der Waals surface area contributed by atoms with Crippen molar-refractivity contribution in [3.8, 4) is 11.3 Å². The fourth-order valence-corrected chi connectivity index (χ4v) is 3.50. The molecule has 1 N–H and O–H groups in total. The van der Waals surface area contributed by atoms with Crippen molar-refractivity contribution in [2.45, 2.75) is 0 Å². The fourth-order valence-electron chi connectivity index (χ4n) is 2.37. The van der Waals surface area contributed by atoms with Gasteiger partial charge < -0.3 is 4.57 Å². The Labute approximate surface area is 166 Å². The number of hydrogen-bond acceptors (Lipinski definition) is 5. The van der Waals surface area contributed by atoms with Crippen LogP contribution in [-0.4, -0.2) is 20.0 Å². The molecule has 0 spiro atoms. The molecular weight excluding hydrogens is 432 g/mol. The van der Waals surface area contributed by atoms with E-state index < -0.39 is 17.2 Å². The minimum Gasteiger partial charge on any atom is -0.303 e. The highest BCUT2D eigenvalue weighted by Crippen LogP contribution is 2.26. The number of carbonyl (C=O) groups is 1. The van der Waals surface area contributed by atoms with E-state index in [-0.39, 0.29) is 5.56 Å². The van der Waals surface area contributed by atoms with E-state index in [2.05, 4.69) is 26.2 Å². The third-order valence-corrected chi connectivity index (χ3v) is 4.99. The van der Waals surface area contributed by atoms with Crippen LogP contribution in [0, 0.1) is 0 Å². The van der Waals surface area contributed by atoms with Gasteiger partial charge in [-0.3, -0.25) is 19.5 Å². The molecule has 0 saturated heterocycles. The second-order valence-electron chi connectivity index (χ2n) is 5.71. The van der Waals surface area contributed by atoms with Crippen LogP contribution in [0.5, 0.6) is 0 Å². The first-order valence-electron chi connectivity index (χ1n) is 7.82. The Morgan fingerprint density at radius 3 is 2.81 bits per heavy atom. The van der Waals surface area contributed by atoms with Crippen molar-refractivity contribution in [3.05, 3.63) is 72.8 Å². The van der Waals surface area contributed by atoms with E-state index in [1.165, 1.54) is 48.3 Å². The van der Waals surface area contributed by atoms with Crippen molar-refractivity contribution in [1.29, 1.82) is 0 Å². The van der Waals surface area contributed by atoms with E-state index in [0.29, 0.717) is 5.13 Å². The first-order valence-corrected chi connectivity index (χ1v) is 9.49. The monoisotopic (exact) mass is 446 g/mol. The third kappa shape index (κ3) is 4.32. The molecule has 0 radical (unpaired) electrons. The van der Waals surface area contributed by atoms with Crippen molar-refractivity contribution in [3.63, 3.8) is 0 Å². The summed E-state index contributed by atoms with van der Waals surface area (Å²) in [5, 5.41) is 4.97. The molecule has 2 heterocycles. The Bertz CT molecular complexity index is 1160. The van der Waals surface area contributed by atoms with Crippen LogP contribution in [0.25, 0.3) is 17.3 Å². The summed E-state index contributed by atoms with van der Waals surface area (Å²) < 4.78 is 3.22. The molecular formula is C18H15BrN4O3S. The van der Waals surface area contributed by atoms with E-state index >= 15 is 0 Å². The molecule has 3 rings (SSSR count). The summed E-state index contributed by atoms with van der Waals surface area (Å²) in [5.74, 6) is -0.416. The Morgan fingerprint density at radius 1 is 1.30 bits per heavy atom. The summed E-state index contributed by atoms with van der Waals surface area (Å²) in [4.78, 5) is 40.2. The smallest absolute Gasteiger partial charge is 0.303 e. The van der Waals surface area contributed by atoms with E-state index in [1.54, 1.807) is 0 Å². The molecule has 0 aliphatic rings. The number of nitrogens with zero attached hydrogens (tertiary/aromatic N) is 3. The number of anilines is 1. The van der Waals surface area contributed by atoms with Gasteiger partial charge in [0.1, 0.15) is 0 Å². The van der Waals surface area contributed by atoms with Gasteiger partial charge in [0, 0.05) is 41.8 Å². The predicted molar refractivity (Wildman–Crippen MR) is 110 cm³/mol. The van der Waals surface area contributed by atoms with Gasteiger partial charge in [0.25, 0.3) is 5.56 Å². The molecule has 27 heavy (non-hydrogen) atoms. The highest BCUT2D eigenvalue weighted by molar-refractivity contribution is 9.10. The molecule has 0 bridgehead atoms. The Morgan fingerprint density at radius 2 is 2.07 bits per heavy atom. The van der Waals surface area contributed by atoms with Gasteiger partial charge in [-0.15, -0.1) is 11.3 Å². The molecule has 0 atom stereocenters. The van der Waals surface area contributed by atoms with Crippen molar-refractivity contribution in [2.75, 3.05) is 5.32 Å². The van der Waals surface area contributed by atoms with E-state index in [4.69, 9.17) is 0 Å². The van der Waals surface area contributed by atoms with Crippen molar-refractivity contribution >= 4 is 44.4 Å². The summed E-state index contributed by atoms with van der Waals surface area (Å²) in [6, 6.07) is 7.71. The van der Waals surface area contributed by atoms with Gasteiger partial charge in [0.05, 0.1) is 11.3 Å². The first-order chi connectivity index (χ1) is 12.8. The van der Waals surface area contributed by atoms with Crippen LogP contribution in [0.15, 0.2) is 56.0 Å². The van der Waals surface area contributed by atoms with Gasteiger partial charge in [-0.1, -0.05) is 28.1 Å². The average molecular weight is 447 g/mol. The lowest BCUT2D eigenvalue weighted by atomic mass is 10.2. The standard InChI is InChI=1S/C18H15BrN4O3S/c1-22-9-12(16(25)23(2)18(22)26)6-7-15(24)21-17-20-14(10-27-17)11-4-3-5-13(19)8-11/h3-10H,1-2H3,(H,20,21,24)/b7-6+. The molecule has 3 aromatic rings. The van der Waals surface area contributed by atoms with E-state index in [9.17, 15) is 14.4 Å². The number of thiazole rings is 1. The zero-order chi connectivity index (χ0) is 19.6. The molecule has 0 unspecified atom stereocenters. The predicted octanol–water partition coefficient (Wildman–Crippen LogP) is 2.62. The maximum absolute atomic E-state index is 12.1. The van der Waals surface area contributed by atoms with Gasteiger partial charge in [0.15, 0.2) is 5.13 Å². The van der Waals surface area contributed by atoms with Gasteiger partial charge in [0.2, 0.25) is 5.91 Å². The van der Waals surface area contributed by atoms with Crippen molar-refractivity contribution in [1.82, 2.24) is 14.1 Å². The molecule has 1 aromatic carbocycles. The molecule has 0 aliphatic carbocycles. The third-order valence-electron chi connectivity index (χ3n) is 3.74. The lowest BCUT2D eigenvalue weighted by molar-refractivity contribution is -0.111. The minimum atomic E-state index is -0.465. The van der Waals surface area contributed by atoms with Crippen LogP contribution in [0.4, 0.5) is 5.13 Å². The van der Waals surface area contributed by atoms with Crippen LogP contribution in [0.2, 0.25) is 0 Å². The number of benzene rings is 1. The lowest BCUT2D eigenvalue weighted by Gasteiger charge is -2.03. The molecule has 1 amide bonds. The highest BCUT2D eigenvalue weighted by atomic mass is 79.9. The van der Waals surface area contributed by atoms with Crippen molar-refractivity contribution < 1.29 is 4.79 Å². The van der Waals surface area contributed by atoms with Gasteiger partial charge in [-0.2, -0.15) is 0 Å². The van der Waals surface area contributed by atoms with E-state index in [0.717, 1.165) is 20.3 Å². The molecule has 0 fully saturated rings. The minimum absolute atomic E-state index is 0.240. The summed E-state index contributed by atoms with van der Waals surface area (Å²) in [5.41, 5.74) is 1.04. The maximum Gasteiger partial charge on any atom is 0.330 e. The summed E-state index contributed by atoms with van der Waals surface area (Å²) in [7, 11) is 2.93. The Hall–Kier alpha value is -2.78. The average Bonchev–Trinajstić information content (AvgIpc) is 3.10. The van der Waals surface area contributed by atoms with Crippen LogP contribution in [0.3, 0.4) is 0 Å². The van der Waals surface area contributed by atoms with Crippen LogP contribution < -0.4 is 16.6 Å². The number of amides is 1. The molecule has 9 heteroatoms. The van der Waals surface area contributed by atoms with Crippen LogP contribution in [-0.2, 0) is 18.9 Å². The lowest BCUT2D eigenvalue weighted by Crippen LogP contribution is -2.37. The Kier molecular flexibility index (Phi) is 5.52. The van der Waals surface area contributed by atoms with Crippen molar-refractivity contribution in [2.24, 2.45) is 14.1 Å². The topological polar surface area (TPSA) is 86.0 Å². The molecule has 0 aliphatic heterocycles. The number of aromatic nitrogens is 3. The normalized spacial score (nSPS) is 11.1. The largest absolute Gasteiger partial charge is 0.330 e. The van der Waals surface area contributed by atoms with Gasteiger partial charge in [-0.25, -0.2) is 9.78 Å². The molecule has 138 valence electrons. The highest BCUT2D eigenvalue weighted by Gasteiger charge is 2.08. The van der Waals surface area contributed by atoms with E-state index in [1.807, 2.05) is 29.6 Å². The fraction of sp³-hybridized carbons (Fsp3) is 0.111. The number of halogens is 1. The first kappa shape index (κ1) is 19.0. The number of rotatable bonds is 4. The zero-order valence-corrected chi connectivity index (χ0v) is 16.9. The molecule has 7 nitrogen and oxygen atoms in total. The zero-order valence-electron chi connectivity index (χ0n) is 14.5. The van der Waals surface area contributed by atoms with Gasteiger partial charge in [-0.05, 0) is 18.2 Å². The second kappa shape index (κ2) is 7.85. The number of carbonyl (C=O) groups excluding carboxylic acids is 1. The SMILES string of the molecule is Cn1cc(/C=C/C(=O)Nc2nc(-c3cccc(Br)c3)cs2)c(=O)n(C)c1=O. The Balaban J connectivity index is 1.75. The summed E-state index contributed by atoms with van der Waals surface area (Å²) in [6.07, 6.45) is 4.00.